The van der Waals surface area contributed by atoms with Crippen LogP contribution in [-0.2, 0) is 0 Å². The van der Waals surface area contributed by atoms with Crippen LogP contribution in [0.3, 0.4) is 0 Å². The van der Waals surface area contributed by atoms with Crippen molar-refractivity contribution < 1.29 is 18.7 Å². The van der Waals surface area contributed by atoms with Gasteiger partial charge in [-0.05, 0) is 37.6 Å². The molecular formula is C18H15F2N3O2. The summed E-state index contributed by atoms with van der Waals surface area (Å²) >= 11 is 0. The number of para-hydroxylation sites is 1. The lowest BCUT2D eigenvalue weighted by Crippen LogP contribution is -2.09. The topological polar surface area (TPSA) is 67.2 Å². The third-order valence-corrected chi connectivity index (χ3v) is 3.73. The zero-order valence-corrected chi connectivity index (χ0v) is 13.5. The summed E-state index contributed by atoms with van der Waals surface area (Å²) in [5.41, 5.74) is 1.84. The molecule has 5 nitrogen and oxygen atoms in total. The second-order valence-corrected chi connectivity index (χ2v) is 5.61. The van der Waals surface area contributed by atoms with Crippen molar-refractivity contribution in [2.24, 2.45) is 0 Å². The summed E-state index contributed by atoms with van der Waals surface area (Å²) < 4.78 is 28.6. The molecule has 3 aromatic rings. The van der Waals surface area contributed by atoms with Crippen molar-refractivity contribution in [1.29, 1.82) is 0 Å². The van der Waals surface area contributed by atoms with E-state index in [1.165, 1.54) is 16.8 Å². The number of aromatic carboxylic acids is 1. The van der Waals surface area contributed by atoms with Crippen LogP contribution in [0.5, 0.6) is 0 Å². The minimum absolute atomic E-state index is 0.0578. The number of nitrogens with one attached hydrogen (secondary N) is 1. The maximum atomic E-state index is 14.1. The van der Waals surface area contributed by atoms with Crippen molar-refractivity contribution in [1.82, 2.24) is 9.78 Å². The molecule has 128 valence electrons. The van der Waals surface area contributed by atoms with Crippen LogP contribution in [0.2, 0.25) is 0 Å². The molecule has 3 rings (SSSR count). The van der Waals surface area contributed by atoms with E-state index in [4.69, 9.17) is 0 Å². The van der Waals surface area contributed by atoms with Gasteiger partial charge in [-0.15, -0.1) is 0 Å². The number of anilines is 2. The maximum absolute atomic E-state index is 14.1. The fraction of sp³-hybridized carbons (Fsp3) is 0.111. The van der Waals surface area contributed by atoms with E-state index < -0.39 is 17.6 Å². The zero-order valence-electron chi connectivity index (χ0n) is 13.5. The first kappa shape index (κ1) is 16.6. The van der Waals surface area contributed by atoms with E-state index in [0.717, 1.165) is 12.1 Å². The van der Waals surface area contributed by atoms with Gasteiger partial charge in [-0.2, -0.15) is 5.10 Å². The molecule has 0 amide bonds. The number of carbonyl (C=O) groups is 1. The summed E-state index contributed by atoms with van der Waals surface area (Å²) in [5.74, 6) is -2.16. The van der Waals surface area contributed by atoms with Gasteiger partial charge in [-0.1, -0.05) is 12.1 Å². The summed E-state index contributed by atoms with van der Waals surface area (Å²) in [6.07, 6.45) is 0. The van der Waals surface area contributed by atoms with Gasteiger partial charge in [0.05, 0.1) is 16.9 Å². The zero-order chi connectivity index (χ0) is 18.1. The van der Waals surface area contributed by atoms with E-state index in [1.807, 2.05) is 0 Å². The van der Waals surface area contributed by atoms with Crippen LogP contribution in [0, 0.1) is 25.5 Å². The molecule has 0 radical (unpaired) electrons. The number of aryl methyl sites for hydroxylation is 2. The first-order valence-corrected chi connectivity index (χ1v) is 7.49. The Morgan fingerprint density at radius 1 is 1.16 bits per heavy atom. The smallest absolute Gasteiger partial charge is 0.337 e. The molecular weight excluding hydrogens is 328 g/mol. The molecule has 0 aliphatic rings. The molecule has 0 fully saturated rings. The van der Waals surface area contributed by atoms with Gasteiger partial charge in [0.25, 0.3) is 0 Å². The summed E-state index contributed by atoms with van der Waals surface area (Å²) in [4.78, 5) is 11.5. The Bertz CT molecular complexity index is 967. The Balaban J connectivity index is 2.11. The third-order valence-electron chi connectivity index (χ3n) is 3.73. The first-order chi connectivity index (χ1) is 11.9. The molecule has 0 saturated carbocycles. The van der Waals surface area contributed by atoms with Gasteiger partial charge in [0, 0.05) is 12.1 Å². The van der Waals surface area contributed by atoms with E-state index in [0.29, 0.717) is 22.8 Å². The number of aromatic nitrogens is 2. The van der Waals surface area contributed by atoms with Crippen LogP contribution in [-0.4, -0.2) is 20.9 Å². The average Bonchev–Trinajstić information content (AvgIpc) is 2.89. The fourth-order valence-corrected chi connectivity index (χ4v) is 2.57. The number of rotatable bonds is 4. The molecule has 7 heteroatoms. The molecule has 0 aliphatic heterocycles. The molecule has 2 N–H and O–H groups in total. The van der Waals surface area contributed by atoms with Crippen LogP contribution in [0.1, 0.15) is 21.6 Å². The number of hydrogen-bond acceptors (Lipinski definition) is 3. The monoisotopic (exact) mass is 343 g/mol. The highest BCUT2D eigenvalue weighted by atomic mass is 19.1. The highest BCUT2D eigenvalue weighted by molar-refractivity contribution is 5.96. The molecule has 25 heavy (non-hydrogen) atoms. The van der Waals surface area contributed by atoms with Crippen molar-refractivity contribution in [2.45, 2.75) is 13.8 Å². The Morgan fingerprint density at radius 2 is 1.92 bits per heavy atom. The molecule has 0 saturated heterocycles. The van der Waals surface area contributed by atoms with Crippen LogP contribution in [0.15, 0.2) is 42.5 Å². The van der Waals surface area contributed by atoms with Crippen LogP contribution in [0.4, 0.5) is 20.3 Å². The number of carboxylic acid groups (broad SMARTS) is 1. The predicted octanol–water partition coefficient (Wildman–Crippen LogP) is 4.21. The Hall–Kier alpha value is -3.22. The van der Waals surface area contributed by atoms with Gasteiger partial charge < -0.3 is 10.4 Å². The molecule has 1 heterocycles. The highest BCUT2D eigenvalue weighted by Crippen LogP contribution is 2.28. The van der Waals surface area contributed by atoms with E-state index in [1.54, 1.807) is 32.0 Å². The standard InChI is InChI=1S/C18H15F2N3O2/c1-10-4-3-5-13(18(24)25)17(10)21-16-8-11(2)22-23(16)15-7-6-12(19)9-14(15)20/h3-9,21H,1-2H3,(H,24,25). The van der Waals surface area contributed by atoms with Crippen LogP contribution in [0.25, 0.3) is 5.69 Å². The second kappa shape index (κ2) is 6.35. The first-order valence-electron chi connectivity index (χ1n) is 7.49. The fourth-order valence-electron chi connectivity index (χ4n) is 2.57. The number of hydrogen-bond donors (Lipinski definition) is 2. The lowest BCUT2D eigenvalue weighted by Gasteiger charge is -2.14. The largest absolute Gasteiger partial charge is 0.478 e. The second-order valence-electron chi connectivity index (χ2n) is 5.61. The molecule has 0 spiro atoms. The lowest BCUT2D eigenvalue weighted by atomic mass is 10.1. The minimum Gasteiger partial charge on any atom is -0.478 e. The van der Waals surface area contributed by atoms with Gasteiger partial charge in [-0.25, -0.2) is 18.3 Å². The summed E-state index contributed by atoms with van der Waals surface area (Å²) in [7, 11) is 0. The number of nitrogens with zero attached hydrogens (tertiary/aromatic N) is 2. The van der Waals surface area contributed by atoms with Crippen molar-refractivity contribution in [3.05, 3.63) is 70.9 Å². The van der Waals surface area contributed by atoms with Crippen LogP contribution >= 0.6 is 0 Å². The van der Waals surface area contributed by atoms with E-state index >= 15 is 0 Å². The Labute approximate surface area is 142 Å². The van der Waals surface area contributed by atoms with Gasteiger partial charge in [0.15, 0.2) is 5.82 Å². The molecule has 1 aromatic heterocycles. The Morgan fingerprint density at radius 3 is 2.60 bits per heavy atom. The van der Waals surface area contributed by atoms with E-state index in [-0.39, 0.29) is 11.3 Å². The SMILES string of the molecule is Cc1cc(Nc2c(C)cccc2C(=O)O)n(-c2ccc(F)cc2F)n1. The van der Waals surface area contributed by atoms with Gasteiger partial charge in [-0.3, -0.25) is 0 Å². The summed E-state index contributed by atoms with van der Waals surface area (Å²) in [6, 6.07) is 9.72. The number of halogens is 2. The van der Waals surface area contributed by atoms with Gasteiger partial charge in [0.1, 0.15) is 17.3 Å². The van der Waals surface area contributed by atoms with Crippen molar-refractivity contribution in [3.63, 3.8) is 0 Å². The number of carboxylic acids is 1. The van der Waals surface area contributed by atoms with E-state index in [2.05, 4.69) is 10.4 Å². The van der Waals surface area contributed by atoms with Crippen LogP contribution < -0.4 is 5.32 Å². The minimum atomic E-state index is -1.08. The summed E-state index contributed by atoms with van der Waals surface area (Å²) in [6.45, 7) is 3.49. The van der Waals surface area contributed by atoms with Crippen molar-refractivity contribution in [2.75, 3.05) is 5.32 Å². The number of benzene rings is 2. The predicted molar refractivity (Wildman–Crippen MR) is 89.6 cm³/mol. The molecule has 0 bridgehead atoms. The average molecular weight is 343 g/mol. The Kier molecular flexibility index (Phi) is 4.22. The van der Waals surface area contributed by atoms with E-state index in [9.17, 15) is 18.7 Å². The van der Waals surface area contributed by atoms with Gasteiger partial charge in [0.2, 0.25) is 0 Å². The van der Waals surface area contributed by atoms with Crippen molar-refractivity contribution in [3.8, 4) is 5.69 Å². The molecule has 2 aromatic carbocycles. The van der Waals surface area contributed by atoms with Crippen molar-refractivity contribution >= 4 is 17.5 Å². The lowest BCUT2D eigenvalue weighted by molar-refractivity contribution is 0.0698. The molecule has 0 atom stereocenters. The highest BCUT2D eigenvalue weighted by Gasteiger charge is 2.17. The maximum Gasteiger partial charge on any atom is 0.337 e. The van der Waals surface area contributed by atoms with Gasteiger partial charge >= 0.3 is 5.97 Å². The summed E-state index contributed by atoms with van der Waals surface area (Å²) in [5, 5.41) is 16.6. The molecule has 0 unspecified atom stereocenters. The quantitative estimate of drug-likeness (QED) is 0.745. The molecule has 0 aliphatic carbocycles. The third kappa shape index (κ3) is 3.21. The normalized spacial score (nSPS) is 10.7.